The summed E-state index contributed by atoms with van der Waals surface area (Å²) in [5.41, 5.74) is 0.684. The molecule has 0 unspecified atom stereocenters. The summed E-state index contributed by atoms with van der Waals surface area (Å²) in [6.07, 6.45) is -1.67. The zero-order chi connectivity index (χ0) is 32.5. The van der Waals surface area contributed by atoms with Crippen molar-refractivity contribution in [3.8, 4) is 0 Å². The van der Waals surface area contributed by atoms with Gasteiger partial charge in [0.15, 0.2) is 11.2 Å². The number of hydrogen-bond acceptors (Lipinski definition) is 10. The van der Waals surface area contributed by atoms with Crippen LogP contribution < -0.4 is 15.4 Å². The minimum Gasteiger partial charge on any atom is -0.388 e. The number of nitrogens with one attached hydrogen (secondary N) is 3. The lowest BCUT2D eigenvalue weighted by Crippen LogP contribution is -2.55. The fourth-order valence-electron chi connectivity index (χ4n) is 4.01. The van der Waals surface area contributed by atoms with Crippen LogP contribution in [0.3, 0.4) is 0 Å². The second-order valence-electron chi connectivity index (χ2n) is 9.91. The van der Waals surface area contributed by atoms with Gasteiger partial charge in [0.25, 0.3) is 11.8 Å². The quantitative estimate of drug-likeness (QED) is 0.174. The van der Waals surface area contributed by atoms with Gasteiger partial charge in [0.1, 0.15) is 33.3 Å². The molecule has 3 aromatic rings. The van der Waals surface area contributed by atoms with Gasteiger partial charge in [-0.2, -0.15) is 0 Å². The van der Waals surface area contributed by atoms with E-state index >= 15 is 0 Å². The lowest BCUT2D eigenvalue weighted by atomic mass is 9.96. The predicted molar refractivity (Wildman–Crippen MR) is 161 cm³/mol. The number of hydrogen-bond donors (Lipinski definition) is 4. The molecule has 44 heavy (non-hydrogen) atoms. The molecular formula is C27H32F2N4O8S3. The van der Waals surface area contributed by atoms with Crippen molar-refractivity contribution >= 4 is 48.1 Å². The number of thiazole rings is 1. The molecule has 0 fully saturated rings. The molecule has 0 spiro atoms. The second kappa shape index (κ2) is 15.5. The molecule has 17 heteroatoms. The molecule has 0 aliphatic heterocycles. The number of carbonyl (C=O) groups is 2. The average molecular weight is 675 g/mol. The third-order valence-corrected chi connectivity index (χ3v) is 8.35. The number of aromatic nitrogens is 1. The summed E-state index contributed by atoms with van der Waals surface area (Å²) >= 11 is 0.810. The van der Waals surface area contributed by atoms with Gasteiger partial charge in [-0.1, -0.05) is 30.3 Å². The molecule has 3 rings (SSSR count). The van der Waals surface area contributed by atoms with E-state index in [0.717, 1.165) is 41.5 Å². The first kappa shape index (κ1) is 35.0. The van der Waals surface area contributed by atoms with E-state index in [2.05, 4.69) is 20.3 Å². The largest absolute Gasteiger partial charge is 0.388 e. The molecule has 0 saturated heterocycles. The highest BCUT2D eigenvalue weighted by molar-refractivity contribution is 7.92. The van der Waals surface area contributed by atoms with Crippen LogP contribution in [0.25, 0.3) is 0 Å². The van der Waals surface area contributed by atoms with Gasteiger partial charge in [-0.15, -0.1) is 11.3 Å². The van der Waals surface area contributed by atoms with Gasteiger partial charge in [0.2, 0.25) is 10.0 Å². The lowest BCUT2D eigenvalue weighted by Gasteiger charge is -2.30. The highest BCUT2D eigenvalue weighted by atomic mass is 32.2. The molecule has 2 aromatic carbocycles. The van der Waals surface area contributed by atoms with Crippen LogP contribution in [0.4, 0.5) is 13.9 Å². The van der Waals surface area contributed by atoms with Crippen molar-refractivity contribution in [2.75, 3.05) is 36.1 Å². The first-order valence-electron chi connectivity index (χ1n) is 13.1. The maximum atomic E-state index is 14.0. The van der Waals surface area contributed by atoms with E-state index in [4.69, 9.17) is 4.74 Å². The van der Waals surface area contributed by atoms with Crippen molar-refractivity contribution in [2.45, 2.75) is 31.1 Å². The normalized spacial score (nSPS) is 13.9. The van der Waals surface area contributed by atoms with E-state index in [0.29, 0.717) is 12.5 Å². The molecule has 12 nitrogen and oxygen atoms in total. The van der Waals surface area contributed by atoms with Gasteiger partial charge in [0, 0.05) is 24.2 Å². The molecule has 0 bridgehead atoms. The van der Waals surface area contributed by atoms with Gasteiger partial charge < -0.3 is 20.5 Å². The molecule has 4 N–H and O–H groups in total. The highest BCUT2D eigenvalue weighted by Gasteiger charge is 2.36. The number of rotatable bonds is 16. The van der Waals surface area contributed by atoms with E-state index in [1.807, 2.05) is 30.3 Å². The zero-order valence-electron chi connectivity index (χ0n) is 23.7. The van der Waals surface area contributed by atoms with Gasteiger partial charge in [-0.3, -0.25) is 14.3 Å². The minimum absolute atomic E-state index is 0.0175. The summed E-state index contributed by atoms with van der Waals surface area (Å²) in [4.78, 5) is 30.2. The maximum absolute atomic E-state index is 14.0. The summed E-state index contributed by atoms with van der Waals surface area (Å²) in [5, 5.41) is 17.6. The number of halogens is 2. The van der Waals surface area contributed by atoms with Crippen molar-refractivity contribution in [3.63, 3.8) is 0 Å². The van der Waals surface area contributed by atoms with Crippen LogP contribution in [0.1, 0.15) is 21.6 Å². The van der Waals surface area contributed by atoms with Crippen molar-refractivity contribution in [1.82, 2.24) is 15.6 Å². The van der Waals surface area contributed by atoms with Crippen LogP contribution in [0.5, 0.6) is 0 Å². The van der Waals surface area contributed by atoms with Crippen LogP contribution >= 0.6 is 11.3 Å². The molecule has 2 amide bonds. The number of benzene rings is 2. The van der Waals surface area contributed by atoms with Crippen LogP contribution in [0.15, 0.2) is 53.9 Å². The lowest BCUT2D eigenvalue weighted by molar-refractivity contribution is -0.141. The van der Waals surface area contributed by atoms with Gasteiger partial charge in [0.05, 0.1) is 24.7 Å². The minimum atomic E-state index is -3.69. The molecule has 1 heterocycles. The van der Waals surface area contributed by atoms with E-state index in [9.17, 15) is 40.3 Å². The van der Waals surface area contributed by atoms with E-state index in [-0.39, 0.29) is 29.4 Å². The van der Waals surface area contributed by atoms with Crippen molar-refractivity contribution in [3.05, 3.63) is 82.4 Å². The van der Waals surface area contributed by atoms with E-state index in [1.54, 1.807) is 0 Å². The Morgan fingerprint density at radius 2 is 1.68 bits per heavy atom. The first-order chi connectivity index (χ1) is 20.6. The summed E-state index contributed by atoms with van der Waals surface area (Å²) < 4.78 is 82.1. The molecule has 1 aromatic heterocycles. The number of carbonyl (C=O) groups excluding carboxylic acids is 2. The zero-order valence-corrected chi connectivity index (χ0v) is 26.1. The van der Waals surface area contributed by atoms with Crippen LogP contribution in [-0.2, 0) is 42.2 Å². The summed E-state index contributed by atoms with van der Waals surface area (Å²) in [7, 11) is -7.20. The Balaban J connectivity index is 1.87. The topological polar surface area (TPSA) is 181 Å². The fraction of sp³-hybridized carbons (Fsp3) is 0.370. The number of anilines is 1. The Kier molecular flexibility index (Phi) is 12.3. The van der Waals surface area contributed by atoms with Crippen molar-refractivity contribution in [1.29, 1.82) is 0 Å². The Hall–Kier alpha value is -3.51. The Morgan fingerprint density at radius 1 is 1.02 bits per heavy atom. The second-order valence-corrected chi connectivity index (χ2v) is 14.8. The summed E-state index contributed by atoms with van der Waals surface area (Å²) in [6.45, 7) is -0.350. The van der Waals surface area contributed by atoms with Gasteiger partial charge in [-0.05, 0) is 36.1 Å². The third kappa shape index (κ3) is 11.9. The molecule has 0 radical (unpaired) electrons. The van der Waals surface area contributed by atoms with Crippen molar-refractivity contribution in [2.24, 2.45) is 0 Å². The summed E-state index contributed by atoms with van der Waals surface area (Å²) in [6, 6.07) is 10.3. The Morgan fingerprint density at radius 3 is 2.30 bits per heavy atom. The number of aliphatic hydroxyl groups is 1. The third-order valence-electron chi connectivity index (χ3n) is 5.99. The molecule has 0 aliphatic carbocycles. The Bertz CT molecular complexity index is 1630. The number of sulfonamides is 1. The van der Waals surface area contributed by atoms with Crippen LogP contribution in [0, 0.1) is 11.6 Å². The number of amides is 2. The molecular weight excluding hydrogens is 643 g/mol. The molecule has 3 atom stereocenters. The monoisotopic (exact) mass is 674 g/mol. The van der Waals surface area contributed by atoms with Crippen molar-refractivity contribution < 1.29 is 45.0 Å². The maximum Gasteiger partial charge on any atom is 0.271 e. The number of aliphatic hydroxyl groups excluding tert-OH is 1. The average Bonchev–Trinajstić information content (AvgIpc) is 3.37. The highest BCUT2D eigenvalue weighted by Crippen LogP contribution is 2.19. The standard InChI is InChI=1S/C27H32F2N4O8S3/c1-43(37,38)11-10-41-24(26(36)30-9-8-17-6-4-3-5-7-17)23(34)21(14-18-12-19(28)15-20(29)13-18)31-25(35)22-16-42-27(32-22)33-44(2,39)40/h3-7,12-13,15-16,21,23-24,34H,8-11,14H2,1-2H3,(H,30,36)(H,31,35)(H,32,33)/t21-,23+,24+/m0/s1. The summed E-state index contributed by atoms with van der Waals surface area (Å²) in [5.74, 6) is -4.04. The predicted octanol–water partition coefficient (Wildman–Crippen LogP) is 1.28. The molecule has 0 aliphatic rings. The van der Waals surface area contributed by atoms with E-state index < -0.39 is 73.9 Å². The fourth-order valence-corrected chi connectivity index (χ4v) is 5.95. The van der Waals surface area contributed by atoms with Crippen LogP contribution in [0.2, 0.25) is 0 Å². The number of nitrogens with zero attached hydrogens (tertiary/aromatic N) is 1. The van der Waals surface area contributed by atoms with Crippen LogP contribution in [-0.4, -0.2) is 88.4 Å². The van der Waals surface area contributed by atoms with Gasteiger partial charge in [-0.25, -0.2) is 30.6 Å². The first-order valence-corrected chi connectivity index (χ1v) is 17.9. The van der Waals surface area contributed by atoms with E-state index in [1.165, 1.54) is 5.38 Å². The number of ether oxygens (including phenoxy) is 1. The molecule has 0 saturated carbocycles. The SMILES string of the molecule is CS(=O)(=O)CCO[C@@H](C(=O)NCCc1ccccc1)[C@H](O)[C@H](Cc1cc(F)cc(F)c1)NC(=O)c1csc(NS(C)(=O)=O)n1. The Labute approximate surface area is 257 Å². The molecule has 240 valence electrons. The van der Waals surface area contributed by atoms with Gasteiger partial charge >= 0.3 is 0 Å². The smallest absolute Gasteiger partial charge is 0.271 e. The number of sulfone groups is 1.